The Balaban J connectivity index is 2.50. The predicted octanol–water partition coefficient (Wildman–Crippen LogP) is 2.85. The number of rotatable bonds is 3. The molecule has 2 rings (SSSR count). The maximum absolute atomic E-state index is 11.6. The lowest BCUT2D eigenvalue weighted by atomic mass is 10.1. The van der Waals surface area contributed by atoms with Gasteiger partial charge in [-0.15, -0.1) is 0 Å². The Hall–Kier alpha value is -1.24. The summed E-state index contributed by atoms with van der Waals surface area (Å²) >= 11 is 12.1. The minimum atomic E-state index is -0.226. The van der Waals surface area contributed by atoms with E-state index >= 15 is 0 Å². The molecule has 0 aliphatic carbocycles. The number of amides is 1. The zero-order valence-corrected chi connectivity index (χ0v) is 12.5. The molecular weight excluding hydrogens is 306 g/mol. The van der Waals surface area contributed by atoms with Crippen molar-refractivity contribution in [3.63, 3.8) is 0 Å². The van der Waals surface area contributed by atoms with Crippen molar-refractivity contribution >= 4 is 51.9 Å². The van der Waals surface area contributed by atoms with Gasteiger partial charge in [-0.2, -0.15) is 0 Å². The van der Waals surface area contributed by atoms with Crippen LogP contribution in [-0.4, -0.2) is 24.4 Å². The number of nitrogens with one attached hydrogen (secondary N) is 1. The summed E-state index contributed by atoms with van der Waals surface area (Å²) in [6.07, 6.45) is 1.67. The van der Waals surface area contributed by atoms with E-state index in [2.05, 4.69) is 5.32 Å². The van der Waals surface area contributed by atoms with Crippen LogP contribution >= 0.6 is 35.6 Å². The quantitative estimate of drug-likeness (QED) is 0.686. The molecule has 0 aromatic heterocycles. The average Bonchev–Trinajstić information content (AvgIpc) is 2.67. The van der Waals surface area contributed by atoms with Crippen LogP contribution in [0.4, 0.5) is 0 Å². The topological polar surface area (TPSA) is 47.6 Å². The molecule has 0 atom stereocenters. The predicted molar refractivity (Wildman–Crippen MR) is 80.9 cm³/mol. The van der Waals surface area contributed by atoms with Crippen LogP contribution < -0.4 is 14.8 Å². The molecule has 0 radical (unpaired) electrons. The average molecular weight is 316 g/mol. The number of hydrogen-bond acceptors (Lipinski definition) is 5. The second kappa shape index (κ2) is 5.81. The summed E-state index contributed by atoms with van der Waals surface area (Å²) in [6, 6.07) is 3.35. The van der Waals surface area contributed by atoms with Crippen molar-refractivity contribution in [2.75, 3.05) is 14.2 Å². The van der Waals surface area contributed by atoms with E-state index in [9.17, 15) is 4.79 Å². The van der Waals surface area contributed by atoms with Crippen molar-refractivity contribution in [3.05, 3.63) is 27.6 Å². The summed E-state index contributed by atoms with van der Waals surface area (Å²) in [5.41, 5.74) is 0.661. The highest BCUT2D eigenvalue weighted by Crippen LogP contribution is 2.37. The molecule has 1 aromatic rings. The number of methoxy groups -OCH3 is 2. The maximum atomic E-state index is 11.6. The third-order valence-electron chi connectivity index (χ3n) is 2.40. The number of benzene rings is 1. The van der Waals surface area contributed by atoms with Crippen molar-refractivity contribution in [1.29, 1.82) is 0 Å². The van der Waals surface area contributed by atoms with Crippen molar-refractivity contribution in [2.45, 2.75) is 0 Å². The van der Waals surface area contributed by atoms with Crippen molar-refractivity contribution in [3.8, 4) is 11.5 Å². The Labute approximate surface area is 125 Å². The van der Waals surface area contributed by atoms with Gasteiger partial charge in [0.1, 0.15) is 4.32 Å². The Morgan fingerprint density at radius 1 is 1.37 bits per heavy atom. The van der Waals surface area contributed by atoms with Crippen LogP contribution in [0.3, 0.4) is 0 Å². The fraction of sp³-hybridized carbons (Fsp3) is 0.167. The van der Waals surface area contributed by atoms with Crippen LogP contribution in [-0.2, 0) is 4.79 Å². The molecule has 1 aliphatic heterocycles. The molecule has 1 aromatic carbocycles. The number of ether oxygens (including phenoxy) is 2. The molecule has 0 spiro atoms. The minimum Gasteiger partial charge on any atom is -0.493 e. The molecule has 1 aliphatic rings. The first kappa shape index (κ1) is 14.2. The summed E-state index contributed by atoms with van der Waals surface area (Å²) < 4.78 is 10.9. The van der Waals surface area contributed by atoms with E-state index in [1.807, 2.05) is 0 Å². The molecule has 0 unspecified atom stereocenters. The van der Waals surface area contributed by atoms with Crippen LogP contribution in [0.15, 0.2) is 17.0 Å². The second-order valence-corrected chi connectivity index (χ2v) is 5.74. The minimum absolute atomic E-state index is 0.226. The van der Waals surface area contributed by atoms with Crippen molar-refractivity contribution in [1.82, 2.24) is 5.32 Å². The fourth-order valence-electron chi connectivity index (χ4n) is 1.63. The Bertz CT molecular complexity index is 587. The first-order valence-corrected chi connectivity index (χ1v) is 6.81. The molecule has 4 nitrogen and oxygen atoms in total. The van der Waals surface area contributed by atoms with Crippen LogP contribution in [0.25, 0.3) is 6.08 Å². The van der Waals surface area contributed by atoms with Crippen molar-refractivity contribution < 1.29 is 14.3 Å². The summed E-state index contributed by atoms with van der Waals surface area (Å²) in [6.45, 7) is 0. The van der Waals surface area contributed by atoms with Crippen molar-refractivity contribution in [2.24, 2.45) is 0 Å². The molecule has 0 saturated carbocycles. The number of carbonyl (C=O) groups is 1. The monoisotopic (exact) mass is 315 g/mol. The van der Waals surface area contributed by atoms with Crippen LogP contribution in [0.1, 0.15) is 5.56 Å². The molecule has 19 heavy (non-hydrogen) atoms. The molecule has 7 heteroatoms. The van der Waals surface area contributed by atoms with Gasteiger partial charge in [0.15, 0.2) is 11.5 Å². The highest BCUT2D eigenvalue weighted by molar-refractivity contribution is 8.26. The number of thioether (sulfide) groups is 1. The lowest BCUT2D eigenvalue weighted by molar-refractivity contribution is -0.115. The van der Waals surface area contributed by atoms with E-state index in [1.54, 1.807) is 18.2 Å². The van der Waals surface area contributed by atoms with E-state index < -0.39 is 0 Å². The van der Waals surface area contributed by atoms with Gasteiger partial charge in [-0.3, -0.25) is 4.79 Å². The van der Waals surface area contributed by atoms with E-state index in [0.717, 1.165) is 0 Å². The number of hydrogen-bond donors (Lipinski definition) is 1. The van der Waals surface area contributed by atoms with Gasteiger partial charge in [-0.25, -0.2) is 0 Å². The third-order valence-corrected chi connectivity index (χ3v) is 3.78. The fourth-order valence-corrected chi connectivity index (χ4v) is 2.88. The van der Waals surface area contributed by atoms with Gasteiger partial charge in [0.25, 0.3) is 5.91 Å². The van der Waals surface area contributed by atoms with Gasteiger partial charge < -0.3 is 14.8 Å². The van der Waals surface area contributed by atoms with E-state index in [-0.39, 0.29) is 5.91 Å². The molecule has 0 bridgehead atoms. The molecule has 1 saturated heterocycles. The largest absolute Gasteiger partial charge is 0.493 e. The Kier molecular flexibility index (Phi) is 4.34. The first-order chi connectivity index (χ1) is 9.05. The van der Waals surface area contributed by atoms with Gasteiger partial charge >= 0.3 is 0 Å². The SMILES string of the molecule is COc1cc(Cl)cc(/C=C2/SC(=S)NC2=O)c1OC. The zero-order chi connectivity index (χ0) is 14.0. The summed E-state index contributed by atoms with van der Waals surface area (Å²) in [5.74, 6) is 0.800. The van der Waals surface area contributed by atoms with Crippen LogP contribution in [0, 0.1) is 0 Å². The number of thiocarbonyl (C=S) groups is 1. The second-order valence-electron chi connectivity index (χ2n) is 3.58. The van der Waals surface area contributed by atoms with Gasteiger partial charge in [-0.05, 0) is 12.1 Å². The zero-order valence-electron chi connectivity index (χ0n) is 10.2. The standard InChI is InChI=1S/C12H10ClNO3S2/c1-16-8-5-7(13)3-6(10(8)17-2)4-9-11(15)14-12(18)19-9/h3-5H,1-2H3,(H,14,15,18)/b9-4+. The summed E-state index contributed by atoms with van der Waals surface area (Å²) in [4.78, 5) is 12.1. The van der Waals surface area contributed by atoms with Gasteiger partial charge in [0.2, 0.25) is 0 Å². The normalized spacial score (nSPS) is 16.7. The van der Waals surface area contributed by atoms with Gasteiger partial charge in [0.05, 0.1) is 19.1 Å². The third kappa shape index (κ3) is 3.02. The molecule has 1 fully saturated rings. The summed E-state index contributed by atoms with van der Waals surface area (Å²) in [7, 11) is 3.05. The van der Waals surface area contributed by atoms with Crippen LogP contribution in [0.2, 0.25) is 5.02 Å². The highest BCUT2D eigenvalue weighted by Gasteiger charge is 2.23. The number of carbonyl (C=O) groups excluding carboxylic acids is 1. The highest BCUT2D eigenvalue weighted by atomic mass is 35.5. The van der Waals surface area contributed by atoms with Gasteiger partial charge in [-0.1, -0.05) is 35.6 Å². The lowest BCUT2D eigenvalue weighted by Gasteiger charge is -2.11. The lowest BCUT2D eigenvalue weighted by Crippen LogP contribution is -2.17. The van der Waals surface area contributed by atoms with E-state index in [1.165, 1.54) is 26.0 Å². The molecule has 100 valence electrons. The Morgan fingerprint density at radius 3 is 2.63 bits per heavy atom. The van der Waals surface area contributed by atoms with E-state index in [0.29, 0.717) is 31.3 Å². The Morgan fingerprint density at radius 2 is 2.11 bits per heavy atom. The first-order valence-electron chi connectivity index (χ1n) is 5.21. The smallest absolute Gasteiger partial charge is 0.263 e. The molecule has 1 amide bonds. The van der Waals surface area contributed by atoms with Gasteiger partial charge in [0, 0.05) is 16.7 Å². The summed E-state index contributed by atoms with van der Waals surface area (Å²) in [5, 5.41) is 3.05. The molecule has 1 N–H and O–H groups in total. The molecular formula is C12H10ClNO3S2. The number of halogens is 1. The maximum Gasteiger partial charge on any atom is 0.263 e. The molecule has 1 heterocycles. The van der Waals surface area contributed by atoms with Crippen LogP contribution in [0.5, 0.6) is 11.5 Å². The van der Waals surface area contributed by atoms with E-state index in [4.69, 9.17) is 33.3 Å².